The van der Waals surface area contributed by atoms with Gasteiger partial charge in [0.2, 0.25) is 17.7 Å². The molecule has 5 atom stereocenters. The second-order valence-electron chi connectivity index (χ2n) is 7.11. The van der Waals surface area contributed by atoms with E-state index in [-0.39, 0.29) is 12.8 Å². The summed E-state index contributed by atoms with van der Waals surface area (Å²) in [6.45, 7) is 1.19. The number of hydrogen-bond acceptors (Lipinski definition) is 9. The van der Waals surface area contributed by atoms with E-state index in [9.17, 15) is 33.9 Å². The van der Waals surface area contributed by atoms with Crippen LogP contribution in [0, 0.1) is 0 Å². The van der Waals surface area contributed by atoms with Gasteiger partial charge in [-0.2, -0.15) is 11.8 Å². The van der Waals surface area contributed by atoms with Crippen LogP contribution in [0.3, 0.4) is 0 Å². The van der Waals surface area contributed by atoms with Crippen molar-refractivity contribution in [1.29, 1.82) is 0 Å². The predicted molar refractivity (Wildman–Crippen MR) is 115 cm³/mol. The van der Waals surface area contributed by atoms with Gasteiger partial charge in [0.25, 0.3) is 0 Å². The van der Waals surface area contributed by atoms with E-state index in [0.717, 1.165) is 0 Å². The van der Waals surface area contributed by atoms with Gasteiger partial charge in [-0.15, -0.1) is 0 Å². The largest absolute Gasteiger partial charge is 0.481 e. The highest BCUT2D eigenvalue weighted by molar-refractivity contribution is 7.98. The molecule has 15 heteroatoms. The van der Waals surface area contributed by atoms with E-state index in [1.54, 1.807) is 6.26 Å². The lowest BCUT2D eigenvalue weighted by molar-refractivity contribution is -0.147. The molecule has 0 heterocycles. The molecule has 14 nitrogen and oxygen atoms in total. The van der Waals surface area contributed by atoms with Crippen LogP contribution in [0.1, 0.15) is 32.6 Å². The van der Waals surface area contributed by atoms with Crippen LogP contribution < -0.4 is 21.7 Å². The molecule has 0 aromatic carbocycles. The minimum absolute atomic E-state index is 0.0384. The third-order valence-electron chi connectivity index (χ3n) is 4.31. The van der Waals surface area contributed by atoms with E-state index in [4.69, 9.17) is 21.1 Å². The summed E-state index contributed by atoms with van der Waals surface area (Å²) >= 11 is 1.32. The monoisotopic (exact) mass is 494 g/mol. The Morgan fingerprint density at radius 3 is 1.88 bits per heavy atom. The van der Waals surface area contributed by atoms with Crippen LogP contribution in [-0.2, 0) is 28.8 Å². The van der Waals surface area contributed by atoms with Gasteiger partial charge in [0.15, 0.2) is 0 Å². The number of hydrogen-bond donors (Lipinski definition) is 8. The summed E-state index contributed by atoms with van der Waals surface area (Å²) in [4.78, 5) is 70.0. The molecule has 0 saturated carbocycles. The molecule has 0 spiro atoms. The molecule has 5 unspecified atom stereocenters. The van der Waals surface area contributed by atoms with E-state index >= 15 is 0 Å². The minimum Gasteiger partial charge on any atom is -0.481 e. The van der Waals surface area contributed by atoms with Crippen molar-refractivity contribution < 1.29 is 49.2 Å². The Bertz CT molecular complexity index is 733. The van der Waals surface area contributed by atoms with Crippen molar-refractivity contribution in [1.82, 2.24) is 16.0 Å². The van der Waals surface area contributed by atoms with Crippen LogP contribution in [-0.4, -0.2) is 98.3 Å². The van der Waals surface area contributed by atoms with Gasteiger partial charge < -0.3 is 42.1 Å². The molecule has 9 N–H and O–H groups in total. The maximum Gasteiger partial charge on any atom is 0.326 e. The maximum absolute atomic E-state index is 12.7. The zero-order valence-corrected chi connectivity index (χ0v) is 19.0. The molecule has 0 rings (SSSR count). The fourth-order valence-corrected chi connectivity index (χ4v) is 2.96. The van der Waals surface area contributed by atoms with E-state index in [1.807, 2.05) is 5.32 Å². The molecule has 0 saturated heterocycles. The third-order valence-corrected chi connectivity index (χ3v) is 4.95. The van der Waals surface area contributed by atoms with Crippen molar-refractivity contribution in [2.24, 2.45) is 5.73 Å². The summed E-state index contributed by atoms with van der Waals surface area (Å²) in [6, 6.07) is -5.84. The van der Waals surface area contributed by atoms with E-state index < -0.39 is 78.7 Å². The smallest absolute Gasteiger partial charge is 0.326 e. The van der Waals surface area contributed by atoms with Gasteiger partial charge in [-0.05, 0) is 31.8 Å². The summed E-state index contributed by atoms with van der Waals surface area (Å²) in [5.41, 5.74) is 5.59. The van der Waals surface area contributed by atoms with Crippen molar-refractivity contribution in [3.8, 4) is 0 Å². The molecule has 0 aromatic heterocycles. The fraction of sp³-hybridized carbons (Fsp3) is 0.667. The second kappa shape index (κ2) is 15.0. The molecule has 3 amide bonds. The Morgan fingerprint density at radius 2 is 1.42 bits per heavy atom. The van der Waals surface area contributed by atoms with Gasteiger partial charge in [-0.25, -0.2) is 4.79 Å². The molecule has 188 valence electrons. The maximum atomic E-state index is 12.7. The normalized spacial score (nSPS) is 15.3. The van der Waals surface area contributed by atoms with Crippen LogP contribution in [0.4, 0.5) is 0 Å². The minimum atomic E-state index is -1.73. The van der Waals surface area contributed by atoms with Crippen molar-refractivity contribution in [2.45, 2.75) is 62.9 Å². The number of aliphatic carboxylic acids is 3. The number of carbonyl (C=O) groups excluding carboxylic acids is 3. The third kappa shape index (κ3) is 12.1. The molecule has 0 fully saturated rings. The molecule has 0 bridgehead atoms. The zero-order valence-electron chi connectivity index (χ0n) is 18.1. The topological polar surface area (TPSA) is 245 Å². The van der Waals surface area contributed by atoms with E-state index in [2.05, 4.69) is 10.6 Å². The molecule has 0 radical (unpaired) electrons. The number of aliphatic hydroxyl groups excluding tert-OH is 1. The van der Waals surface area contributed by atoms with Crippen LogP contribution in [0.15, 0.2) is 0 Å². The number of carboxylic acid groups (broad SMARTS) is 3. The second-order valence-corrected chi connectivity index (χ2v) is 8.09. The molecular formula is C18H30N4O10S. The lowest BCUT2D eigenvalue weighted by Crippen LogP contribution is -2.60. The number of carboxylic acids is 3. The first-order chi connectivity index (χ1) is 15.3. The predicted octanol–water partition coefficient (Wildman–Crippen LogP) is -2.67. The van der Waals surface area contributed by atoms with Gasteiger partial charge >= 0.3 is 17.9 Å². The first-order valence-electron chi connectivity index (χ1n) is 9.80. The van der Waals surface area contributed by atoms with Gasteiger partial charge in [0.1, 0.15) is 18.1 Å². The van der Waals surface area contributed by atoms with Crippen molar-refractivity contribution in [3.63, 3.8) is 0 Å². The van der Waals surface area contributed by atoms with Crippen molar-refractivity contribution in [2.75, 3.05) is 12.0 Å². The van der Waals surface area contributed by atoms with E-state index in [1.165, 1.54) is 18.7 Å². The zero-order chi connectivity index (χ0) is 25.7. The van der Waals surface area contributed by atoms with Gasteiger partial charge in [0.05, 0.1) is 18.6 Å². The standard InChI is InChI=1S/C18H30N4O10S/c1-8(23)14(22-15(28)9(19)3-4-12(24)25)17(30)20-10(5-6-33-2)16(29)21-11(18(31)32)7-13(26)27/h8-11,14,23H,3-7,19H2,1-2H3,(H,20,30)(H,21,29)(H,22,28)(H,24,25)(H,26,27)(H,31,32). The first-order valence-corrected chi connectivity index (χ1v) is 11.2. The SMILES string of the molecule is CSCCC(NC(=O)C(NC(=O)C(N)CCC(=O)O)C(C)O)C(=O)NC(CC(=O)O)C(=O)O. The number of rotatable bonds is 16. The van der Waals surface area contributed by atoms with Crippen molar-refractivity contribution >= 4 is 47.4 Å². The number of amides is 3. The first kappa shape index (κ1) is 30.1. The molecule has 0 aromatic rings. The number of nitrogens with two attached hydrogens (primary N) is 1. The summed E-state index contributed by atoms with van der Waals surface area (Å²) in [5.74, 6) is -6.67. The number of carbonyl (C=O) groups is 6. The Balaban J connectivity index is 5.37. The summed E-state index contributed by atoms with van der Waals surface area (Å²) in [7, 11) is 0. The highest BCUT2D eigenvalue weighted by Gasteiger charge is 2.32. The van der Waals surface area contributed by atoms with Crippen LogP contribution >= 0.6 is 11.8 Å². The summed E-state index contributed by atoms with van der Waals surface area (Å²) in [6.07, 6.45) is -1.16. The lowest BCUT2D eigenvalue weighted by atomic mass is 10.1. The number of thioether (sulfide) groups is 1. The van der Waals surface area contributed by atoms with Gasteiger partial charge in [0, 0.05) is 6.42 Å². The van der Waals surface area contributed by atoms with E-state index in [0.29, 0.717) is 5.75 Å². The summed E-state index contributed by atoms with van der Waals surface area (Å²) < 4.78 is 0. The Hall–Kier alpha value is -2.91. The average Bonchev–Trinajstić information content (AvgIpc) is 2.71. The Kier molecular flexibility index (Phi) is 13.7. The molecule has 0 aliphatic rings. The quantitative estimate of drug-likeness (QED) is 0.109. The van der Waals surface area contributed by atoms with Gasteiger partial charge in [-0.3, -0.25) is 24.0 Å². The van der Waals surface area contributed by atoms with Crippen LogP contribution in [0.5, 0.6) is 0 Å². The van der Waals surface area contributed by atoms with Crippen LogP contribution in [0.2, 0.25) is 0 Å². The highest BCUT2D eigenvalue weighted by Crippen LogP contribution is 2.05. The Labute approximate surface area is 193 Å². The summed E-state index contributed by atoms with van der Waals surface area (Å²) in [5, 5.41) is 43.0. The highest BCUT2D eigenvalue weighted by atomic mass is 32.2. The fourth-order valence-electron chi connectivity index (χ4n) is 2.49. The Morgan fingerprint density at radius 1 is 0.848 bits per heavy atom. The van der Waals surface area contributed by atoms with Crippen LogP contribution in [0.25, 0.3) is 0 Å². The average molecular weight is 495 g/mol. The number of nitrogens with one attached hydrogen (secondary N) is 3. The van der Waals surface area contributed by atoms with Crippen molar-refractivity contribution in [3.05, 3.63) is 0 Å². The molecule has 0 aliphatic heterocycles. The molecule has 0 aliphatic carbocycles. The lowest BCUT2D eigenvalue weighted by Gasteiger charge is -2.26. The number of aliphatic hydroxyl groups is 1. The molecular weight excluding hydrogens is 464 g/mol. The van der Waals surface area contributed by atoms with Gasteiger partial charge in [-0.1, -0.05) is 0 Å². The molecule has 33 heavy (non-hydrogen) atoms.